The van der Waals surface area contributed by atoms with Crippen molar-refractivity contribution in [2.75, 3.05) is 40.0 Å². The van der Waals surface area contributed by atoms with Gasteiger partial charge in [-0.25, -0.2) is 0 Å². The lowest BCUT2D eigenvalue weighted by molar-refractivity contribution is -0.757. The maximum Gasteiger partial charge on any atom is 0.306 e. The van der Waals surface area contributed by atoms with Crippen molar-refractivity contribution in [2.24, 2.45) is 0 Å². The topological polar surface area (TPSA) is 134 Å². The normalized spacial score (nSPS) is 11.7. The summed E-state index contributed by atoms with van der Waals surface area (Å²) in [6.45, 7) is 1.44. The summed E-state index contributed by atoms with van der Waals surface area (Å²) in [5.41, 5.74) is 1.98. The molecule has 0 bridgehead atoms. The summed E-state index contributed by atoms with van der Waals surface area (Å²) in [6, 6.07) is 21.3. The number of para-hydroxylation sites is 3. The van der Waals surface area contributed by atoms with E-state index in [0.717, 1.165) is 21.8 Å². The van der Waals surface area contributed by atoms with E-state index in [9.17, 15) is 14.9 Å². The summed E-state index contributed by atoms with van der Waals surface area (Å²) < 4.78 is 23.1. The van der Waals surface area contributed by atoms with Gasteiger partial charge < -0.3 is 34.1 Å². The number of aromatic amines is 1. The number of H-pyrrole nitrogens is 1. The monoisotopic (exact) mass is 565 g/mol. The van der Waals surface area contributed by atoms with Crippen LogP contribution in [0.1, 0.15) is 25.7 Å². The predicted octanol–water partition coefficient (Wildman–Crippen LogP) is 5.06. The Morgan fingerprint density at radius 1 is 0.902 bits per heavy atom. The van der Waals surface area contributed by atoms with E-state index in [1.54, 1.807) is 7.11 Å². The second-order valence-corrected chi connectivity index (χ2v) is 9.34. The van der Waals surface area contributed by atoms with Crippen LogP contribution in [0.15, 0.2) is 66.7 Å². The second kappa shape index (κ2) is 15.3. The number of fused-ring (bicyclic) bond motifs is 3. The van der Waals surface area contributed by atoms with Crippen molar-refractivity contribution >= 4 is 27.8 Å². The average Bonchev–Trinajstić information content (AvgIpc) is 3.36. The van der Waals surface area contributed by atoms with Crippen molar-refractivity contribution < 1.29 is 33.7 Å². The highest BCUT2D eigenvalue weighted by molar-refractivity contribution is 6.10. The largest absolute Gasteiger partial charge is 0.493 e. The molecule has 1 aromatic heterocycles. The summed E-state index contributed by atoms with van der Waals surface area (Å²) in [4.78, 5) is 30.6. The van der Waals surface area contributed by atoms with Crippen LogP contribution in [0.3, 0.4) is 0 Å². The Bertz CT molecular complexity index is 1420. The van der Waals surface area contributed by atoms with Crippen LogP contribution in [0.5, 0.6) is 17.2 Å². The van der Waals surface area contributed by atoms with E-state index in [1.165, 1.54) is 0 Å². The number of unbranched alkanes of at least 4 members (excludes halogenated alkanes) is 2. The maximum absolute atomic E-state index is 12.6. The average molecular weight is 566 g/mol. The molecule has 1 atom stereocenters. The maximum atomic E-state index is 12.6. The van der Waals surface area contributed by atoms with Crippen molar-refractivity contribution in [1.82, 2.24) is 10.3 Å². The zero-order chi connectivity index (χ0) is 28.9. The number of carbonyl (C=O) groups excluding carboxylic acids is 1. The molecular weight excluding hydrogens is 530 g/mol. The van der Waals surface area contributed by atoms with Gasteiger partial charge >= 0.3 is 5.97 Å². The third kappa shape index (κ3) is 8.74. The van der Waals surface area contributed by atoms with E-state index in [4.69, 9.17) is 18.9 Å². The summed E-state index contributed by atoms with van der Waals surface area (Å²) in [6.07, 6.45) is 1.30. The highest BCUT2D eigenvalue weighted by atomic mass is 16.9. The van der Waals surface area contributed by atoms with Gasteiger partial charge in [0.1, 0.15) is 25.1 Å². The van der Waals surface area contributed by atoms with E-state index in [2.05, 4.69) is 15.1 Å². The van der Waals surface area contributed by atoms with Crippen molar-refractivity contribution in [1.29, 1.82) is 0 Å². The summed E-state index contributed by atoms with van der Waals surface area (Å²) >= 11 is 0. The minimum absolute atomic E-state index is 0.0126. The van der Waals surface area contributed by atoms with Gasteiger partial charge in [-0.1, -0.05) is 42.8 Å². The Kier molecular flexibility index (Phi) is 11.0. The lowest BCUT2D eigenvalue weighted by Gasteiger charge is -2.20. The Morgan fingerprint density at radius 2 is 1.66 bits per heavy atom. The van der Waals surface area contributed by atoms with Gasteiger partial charge in [-0.05, 0) is 43.2 Å². The van der Waals surface area contributed by atoms with Gasteiger partial charge in [-0.2, -0.15) is 0 Å². The van der Waals surface area contributed by atoms with E-state index in [-0.39, 0.29) is 25.6 Å². The molecule has 41 heavy (non-hydrogen) atoms. The number of ether oxygens (including phenoxy) is 4. The highest BCUT2D eigenvalue weighted by Gasteiger charge is 2.17. The van der Waals surface area contributed by atoms with Crippen LogP contribution < -0.4 is 19.5 Å². The predicted molar refractivity (Wildman–Crippen MR) is 154 cm³/mol. The van der Waals surface area contributed by atoms with Crippen molar-refractivity contribution in [3.8, 4) is 17.2 Å². The molecule has 4 aromatic rings. The number of benzene rings is 3. The molecule has 2 N–H and O–H groups in total. The number of rotatable bonds is 18. The highest BCUT2D eigenvalue weighted by Crippen LogP contribution is 2.33. The summed E-state index contributed by atoms with van der Waals surface area (Å²) in [5.74, 6) is 1.65. The molecule has 218 valence electrons. The summed E-state index contributed by atoms with van der Waals surface area (Å²) in [5, 5.41) is 14.7. The van der Waals surface area contributed by atoms with Gasteiger partial charge in [0.2, 0.25) is 0 Å². The third-order valence-electron chi connectivity index (χ3n) is 6.41. The number of hydrogen-bond donors (Lipinski definition) is 2. The Labute approximate surface area is 237 Å². The van der Waals surface area contributed by atoms with Gasteiger partial charge in [-0.15, -0.1) is 10.1 Å². The molecule has 0 spiro atoms. The first-order valence-electron chi connectivity index (χ1n) is 13.6. The lowest BCUT2D eigenvalue weighted by Crippen LogP contribution is -2.37. The standard InChI is InChI=1S/C30H35N3O8/c1-37-26-13-6-7-14-27(26)38-19-17-31-20-22(41-29(34)16-3-2-8-18-40-33(35)36)21-39-28-15-9-12-25-30(28)23-10-4-5-11-24(23)32-25/h4-7,9-15,22,31-32H,2-3,8,16-21H2,1H3. The van der Waals surface area contributed by atoms with Crippen LogP contribution in [-0.4, -0.2) is 62.2 Å². The Morgan fingerprint density at radius 3 is 2.49 bits per heavy atom. The van der Waals surface area contributed by atoms with E-state index >= 15 is 0 Å². The fourth-order valence-corrected chi connectivity index (χ4v) is 4.47. The van der Waals surface area contributed by atoms with Crippen LogP contribution >= 0.6 is 0 Å². The molecule has 4 rings (SSSR count). The zero-order valence-electron chi connectivity index (χ0n) is 23.0. The fraction of sp³-hybridized carbons (Fsp3) is 0.367. The van der Waals surface area contributed by atoms with Gasteiger partial charge in [0, 0.05) is 35.8 Å². The number of nitrogens with one attached hydrogen (secondary N) is 2. The molecule has 0 amide bonds. The molecule has 3 aromatic carbocycles. The van der Waals surface area contributed by atoms with E-state index in [0.29, 0.717) is 56.2 Å². The van der Waals surface area contributed by atoms with Crippen LogP contribution in [0.2, 0.25) is 0 Å². The van der Waals surface area contributed by atoms with Crippen LogP contribution in [-0.2, 0) is 14.4 Å². The molecule has 0 saturated carbocycles. The molecular formula is C30H35N3O8. The molecule has 1 unspecified atom stereocenters. The number of methoxy groups -OCH3 is 1. The molecule has 0 aliphatic rings. The molecule has 0 saturated heterocycles. The molecule has 11 nitrogen and oxygen atoms in total. The van der Waals surface area contributed by atoms with Crippen molar-refractivity contribution in [3.63, 3.8) is 0 Å². The van der Waals surface area contributed by atoms with Gasteiger partial charge in [0.25, 0.3) is 5.09 Å². The fourth-order valence-electron chi connectivity index (χ4n) is 4.47. The van der Waals surface area contributed by atoms with Crippen LogP contribution in [0, 0.1) is 10.1 Å². The van der Waals surface area contributed by atoms with E-state index < -0.39 is 11.2 Å². The van der Waals surface area contributed by atoms with Crippen LogP contribution in [0.4, 0.5) is 0 Å². The SMILES string of the molecule is COc1ccccc1OCCNCC(COc1cccc2[nH]c3ccccc3c12)OC(=O)CCCCCO[N+](=O)[O-]. The number of hydrogen-bond acceptors (Lipinski definition) is 9. The number of aromatic nitrogens is 1. The Balaban J connectivity index is 1.32. The van der Waals surface area contributed by atoms with Gasteiger partial charge in [0.05, 0.1) is 19.2 Å². The number of carbonyl (C=O) groups is 1. The minimum Gasteiger partial charge on any atom is -0.493 e. The van der Waals surface area contributed by atoms with E-state index in [1.807, 2.05) is 66.7 Å². The van der Waals surface area contributed by atoms with Gasteiger partial charge in [-0.3, -0.25) is 4.79 Å². The first kappa shape index (κ1) is 29.5. The zero-order valence-corrected chi connectivity index (χ0v) is 23.0. The first-order valence-corrected chi connectivity index (χ1v) is 13.6. The summed E-state index contributed by atoms with van der Waals surface area (Å²) in [7, 11) is 1.59. The minimum atomic E-state index is -0.815. The smallest absolute Gasteiger partial charge is 0.306 e. The molecule has 0 fully saturated rings. The van der Waals surface area contributed by atoms with Gasteiger partial charge in [0.15, 0.2) is 11.5 Å². The molecule has 1 heterocycles. The first-order chi connectivity index (χ1) is 20.0. The molecule has 0 aliphatic carbocycles. The quantitative estimate of drug-likeness (QED) is 0.0735. The second-order valence-electron chi connectivity index (χ2n) is 9.34. The van der Waals surface area contributed by atoms with Crippen LogP contribution in [0.25, 0.3) is 21.8 Å². The molecule has 0 aliphatic heterocycles. The Hall–Kier alpha value is -4.51. The number of esters is 1. The van der Waals surface area contributed by atoms with Crippen molar-refractivity contribution in [2.45, 2.75) is 31.8 Å². The molecule has 11 heteroatoms. The molecule has 0 radical (unpaired) electrons. The number of nitrogens with zero attached hydrogens (tertiary/aromatic N) is 1. The third-order valence-corrected chi connectivity index (χ3v) is 6.41. The lowest BCUT2D eigenvalue weighted by atomic mass is 10.1. The van der Waals surface area contributed by atoms with Crippen molar-refractivity contribution in [3.05, 3.63) is 76.8 Å².